The highest BCUT2D eigenvalue weighted by molar-refractivity contribution is 7.99. The number of para-hydroxylation sites is 2. The minimum absolute atomic E-state index is 0.0814. The van der Waals surface area contributed by atoms with Gasteiger partial charge < -0.3 is 10.1 Å². The van der Waals surface area contributed by atoms with E-state index in [2.05, 4.69) is 20.5 Å². The Hall–Kier alpha value is -3.40. The second-order valence-electron chi connectivity index (χ2n) is 5.14. The van der Waals surface area contributed by atoms with Gasteiger partial charge in [-0.15, -0.1) is 0 Å². The van der Waals surface area contributed by atoms with Gasteiger partial charge in [-0.1, -0.05) is 23.9 Å². The number of aromatic nitrogens is 2. The lowest BCUT2D eigenvalue weighted by Crippen LogP contribution is -2.19. The van der Waals surface area contributed by atoms with Crippen LogP contribution in [0.2, 0.25) is 0 Å². The van der Waals surface area contributed by atoms with Crippen LogP contribution in [0.1, 0.15) is 5.56 Å². The summed E-state index contributed by atoms with van der Waals surface area (Å²) in [5.74, 6) is -0.472. The van der Waals surface area contributed by atoms with Gasteiger partial charge in [0.1, 0.15) is 5.75 Å². The number of H-pyrrole nitrogens is 1. The summed E-state index contributed by atoms with van der Waals surface area (Å²) in [7, 11) is 0. The molecule has 1 aromatic heterocycles. The van der Waals surface area contributed by atoms with E-state index in [1.165, 1.54) is 23.9 Å². The normalized spacial score (nSPS) is 11.1. The highest BCUT2D eigenvalue weighted by Gasteiger charge is 2.09. The van der Waals surface area contributed by atoms with Crippen LogP contribution >= 0.6 is 11.8 Å². The number of carbonyl (C=O) groups is 1. The maximum atomic E-state index is 11.8. The molecule has 1 amide bonds. The summed E-state index contributed by atoms with van der Waals surface area (Å²) in [6.07, 6.45) is 1.14. The van der Waals surface area contributed by atoms with Crippen LogP contribution in [0.25, 0.3) is 11.0 Å². The second-order valence-corrected chi connectivity index (χ2v) is 6.11. The van der Waals surface area contributed by atoms with E-state index in [0.717, 1.165) is 23.3 Å². The first-order valence-electron chi connectivity index (χ1n) is 7.40. The van der Waals surface area contributed by atoms with Crippen molar-refractivity contribution in [3.63, 3.8) is 0 Å². The van der Waals surface area contributed by atoms with Crippen molar-refractivity contribution in [2.24, 2.45) is 5.10 Å². The van der Waals surface area contributed by atoms with Gasteiger partial charge in [0.2, 0.25) is 0 Å². The number of nitrogens with zero attached hydrogens (tertiary/aromatic N) is 3. The molecule has 26 heavy (non-hydrogen) atoms. The maximum absolute atomic E-state index is 11.8. The van der Waals surface area contributed by atoms with E-state index < -0.39 is 4.92 Å². The van der Waals surface area contributed by atoms with E-state index in [4.69, 9.17) is 0 Å². The summed E-state index contributed by atoms with van der Waals surface area (Å²) in [5.41, 5.74) is 3.94. The van der Waals surface area contributed by atoms with E-state index in [9.17, 15) is 20.0 Å². The number of phenols is 1. The molecule has 10 heteroatoms. The molecule has 0 saturated heterocycles. The third-order valence-electron chi connectivity index (χ3n) is 3.32. The summed E-state index contributed by atoms with van der Waals surface area (Å²) >= 11 is 1.22. The van der Waals surface area contributed by atoms with Gasteiger partial charge in [-0.05, 0) is 18.2 Å². The fourth-order valence-corrected chi connectivity index (χ4v) is 2.77. The van der Waals surface area contributed by atoms with Crippen LogP contribution in [0.15, 0.2) is 52.7 Å². The zero-order valence-corrected chi connectivity index (χ0v) is 14.1. The van der Waals surface area contributed by atoms with Gasteiger partial charge in [0, 0.05) is 17.7 Å². The highest BCUT2D eigenvalue weighted by Crippen LogP contribution is 2.21. The van der Waals surface area contributed by atoms with Crippen molar-refractivity contribution >= 4 is 40.6 Å². The molecule has 0 saturated carbocycles. The lowest BCUT2D eigenvalue weighted by atomic mass is 10.2. The smallest absolute Gasteiger partial charge is 0.270 e. The molecule has 0 unspecified atom stereocenters. The summed E-state index contributed by atoms with van der Waals surface area (Å²) in [4.78, 5) is 29.4. The van der Waals surface area contributed by atoms with Gasteiger partial charge in [-0.3, -0.25) is 14.9 Å². The molecular formula is C16H13N5O4S. The number of benzene rings is 2. The van der Waals surface area contributed by atoms with Crippen molar-refractivity contribution in [2.45, 2.75) is 5.16 Å². The van der Waals surface area contributed by atoms with Crippen LogP contribution in [0.5, 0.6) is 5.75 Å². The van der Waals surface area contributed by atoms with Crippen LogP contribution in [0.4, 0.5) is 5.69 Å². The number of non-ortho nitro benzene ring substituents is 1. The number of imidazole rings is 1. The zero-order chi connectivity index (χ0) is 18.5. The number of nitro groups is 1. The number of carbonyl (C=O) groups excluding carboxylic acids is 1. The first-order valence-corrected chi connectivity index (χ1v) is 8.38. The molecule has 2 aromatic carbocycles. The average Bonchev–Trinajstić information content (AvgIpc) is 3.04. The number of aromatic amines is 1. The number of hydrogen-bond acceptors (Lipinski definition) is 7. The van der Waals surface area contributed by atoms with Crippen LogP contribution in [0.3, 0.4) is 0 Å². The lowest BCUT2D eigenvalue weighted by molar-refractivity contribution is -0.384. The van der Waals surface area contributed by atoms with Gasteiger partial charge in [0.05, 0.1) is 27.9 Å². The molecule has 0 aliphatic rings. The molecule has 9 nitrogen and oxygen atoms in total. The third-order valence-corrected chi connectivity index (χ3v) is 4.20. The number of rotatable bonds is 6. The number of nitrogens with one attached hydrogen (secondary N) is 2. The SMILES string of the molecule is O=C(CSc1nc2ccccc2[nH]1)N/N=C\c1cc([N+](=O)[O-])ccc1O. The topological polar surface area (TPSA) is 134 Å². The van der Waals surface area contributed by atoms with E-state index in [0.29, 0.717) is 5.16 Å². The first-order chi connectivity index (χ1) is 12.5. The molecule has 0 atom stereocenters. The van der Waals surface area contributed by atoms with Gasteiger partial charge in [-0.25, -0.2) is 10.4 Å². The predicted molar refractivity (Wildman–Crippen MR) is 97.3 cm³/mol. The van der Waals surface area contributed by atoms with Crippen LogP contribution < -0.4 is 5.43 Å². The summed E-state index contributed by atoms with van der Waals surface area (Å²) in [5, 5.41) is 24.7. The van der Waals surface area contributed by atoms with Crippen molar-refractivity contribution in [1.29, 1.82) is 0 Å². The Morgan fingerprint density at radius 3 is 2.96 bits per heavy atom. The highest BCUT2D eigenvalue weighted by atomic mass is 32.2. The summed E-state index contributed by atoms with van der Waals surface area (Å²) in [6.45, 7) is 0. The summed E-state index contributed by atoms with van der Waals surface area (Å²) < 4.78 is 0. The molecule has 0 spiro atoms. The largest absolute Gasteiger partial charge is 0.507 e. The molecule has 0 aliphatic heterocycles. The molecule has 3 rings (SSSR count). The number of thioether (sulfide) groups is 1. The maximum Gasteiger partial charge on any atom is 0.270 e. The molecule has 132 valence electrons. The number of fused-ring (bicyclic) bond motifs is 1. The second kappa shape index (κ2) is 7.66. The lowest BCUT2D eigenvalue weighted by Gasteiger charge is -2.00. The predicted octanol–water partition coefficient (Wildman–Crippen LogP) is 2.42. The van der Waals surface area contributed by atoms with Crippen molar-refractivity contribution < 1.29 is 14.8 Å². The Labute approximate surface area is 151 Å². The molecule has 0 fully saturated rings. The molecule has 3 aromatic rings. The number of amides is 1. The molecule has 0 aliphatic carbocycles. The van der Waals surface area contributed by atoms with E-state index >= 15 is 0 Å². The molecule has 0 bridgehead atoms. The average molecular weight is 371 g/mol. The molecule has 1 heterocycles. The van der Waals surface area contributed by atoms with Crippen LogP contribution in [-0.2, 0) is 4.79 Å². The van der Waals surface area contributed by atoms with E-state index in [1.807, 2.05) is 24.3 Å². The third kappa shape index (κ3) is 4.16. The van der Waals surface area contributed by atoms with E-state index in [-0.39, 0.29) is 28.7 Å². The number of aromatic hydroxyl groups is 1. The van der Waals surface area contributed by atoms with Gasteiger partial charge in [0.15, 0.2) is 5.16 Å². The van der Waals surface area contributed by atoms with Crippen molar-refractivity contribution in [1.82, 2.24) is 15.4 Å². The number of hydrazone groups is 1. The standard InChI is InChI=1S/C16H13N5O4S/c22-14-6-5-11(21(24)25)7-10(14)8-17-20-15(23)9-26-16-18-12-3-1-2-4-13(12)19-16/h1-8,22H,9H2,(H,18,19)(H,20,23)/b17-8-. The fourth-order valence-electron chi connectivity index (χ4n) is 2.10. The fraction of sp³-hybridized carbons (Fsp3) is 0.0625. The van der Waals surface area contributed by atoms with Gasteiger partial charge in [-0.2, -0.15) is 5.10 Å². The minimum atomic E-state index is -0.584. The zero-order valence-electron chi connectivity index (χ0n) is 13.2. The van der Waals surface area contributed by atoms with Gasteiger partial charge >= 0.3 is 0 Å². The van der Waals surface area contributed by atoms with Gasteiger partial charge in [0.25, 0.3) is 11.6 Å². The Balaban J connectivity index is 1.56. The molecular weight excluding hydrogens is 358 g/mol. The Kier molecular flexibility index (Phi) is 5.13. The monoisotopic (exact) mass is 371 g/mol. The van der Waals surface area contributed by atoms with E-state index in [1.54, 1.807) is 0 Å². The quantitative estimate of drug-likeness (QED) is 0.264. The Bertz CT molecular complexity index is 968. The van der Waals surface area contributed by atoms with Crippen LogP contribution in [0, 0.1) is 10.1 Å². The molecule has 0 radical (unpaired) electrons. The number of phenolic OH excluding ortho intramolecular Hbond substituents is 1. The Morgan fingerprint density at radius 1 is 1.38 bits per heavy atom. The number of nitro benzene ring substituents is 1. The van der Waals surface area contributed by atoms with Crippen molar-refractivity contribution in [2.75, 3.05) is 5.75 Å². The van der Waals surface area contributed by atoms with Crippen LogP contribution in [-0.4, -0.2) is 37.9 Å². The van der Waals surface area contributed by atoms with Crippen molar-refractivity contribution in [3.8, 4) is 5.75 Å². The first kappa shape index (κ1) is 17.4. The van der Waals surface area contributed by atoms with Crippen molar-refractivity contribution in [3.05, 3.63) is 58.1 Å². The minimum Gasteiger partial charge on any atom is -0.507 e. The summed E-state index contributed by atoms with van der Waals surface area (Å²) in [6, 6.07) is 11.1. The number of hydrogen-bond donors (Lipinski definition) is 3. The Morgan fingerprint density at radius 2 is 2.19 bits per heavy atom. The molecule has 3 N–H and O–H groups in total.